The molecule has 1 atom stereocenters. The molecule has 2 aromatic rings. The molecule has 0 saturated heterocycles. The molecule has 0 bridgehead atoms. The minimum atomic E-state index is -0.544. The van der Waals surface area contributed by atoms with Crippen molar-refractivity contribution >= 4 is 11.6 Å². The minimum absolute atomic E-state index is 0.137. The van der Waals surface area contributed by atoms with Gasteiger partial charge in [-0.25, -0.2) is 0 Å². The summed E-state index contributed by atoms with van der Waals surface area (Å²) in [6.07, 6.45) is 3.79. The molecular weight excluding hydrogens is 298 g/mol. The molecule has 2 aromatic carbocycles. The second-order valence-electron chi connectivity index (χ2n) is 6.01. The fourth-order valence-electron chi connectivity index (χ4n) is 2.53. The van der Waals surface area contributed by atoms with Crippen molar-refractivity contribution in [2.24, 2.45) is 0 Å². The van der Waals surface area contributed by atoms with E-state index in [9.17, 15) is 4.79 Å². The number of aryl methyl sites for hydroxylation is 2. The Morgan fingerprint density at radius 2 is 1.79 bits per heavy atom. The van der Waals surface area contributed by atoms with Gasteiger partial charge in [0.2, 0.25) is 0 Å². The first-order valence-corrected chi connectivity index (χ1v) is 8.78. The molecule has 0 radical (unpaired) electrons. The van der Waals surface area contributed by atoms with Gasteiger partial charge in [0.1, 0.15) is 5.75 Å². The number of unbranched alkanes of at least 4 members (excludes halogenated alkanes) is 1. The molecule has 0 aliphatic heterocycles. The van der Waals surface area contributed by atoms with Crippen molar-refractivity contribution in [3.05, 3.63) is 59.7 Å². The van der Waals surface area contributed by atoms with Gasteiger partial charge in [0.05, 0.1) is 0 Å². The summed E-state index contributed by atoms with van der Waals surface area (Å²) in [7, 11) is 0. The quantitative estimate of drug-likeness (QED) is 0.742. The van der Waals surface area contributed by atoms with Crippen LogP contribution in [0.1, 0.15) is 44.7 Å². The van der Waals surface area contributed by atoms with Crippen molar-refractivity contribution in [1.82, 2.24) is 0 Å². The van der Waals surface area contributed by atoms with Gasteiger partial charge in [-0.3, -0.25) is 4.79 Å². The summed E-state index contributed by atoms with van der Waals surface area (Å²) in [5.41, 5.74) is 3.22. The van der Waals surface area contributed by atoms with E-state index >= 15 is 0 Å². The van der Waals surface area contributed by atoms with Gasteiger partial charge >= 0.3 is 0 Å². The van der Waals surface area contributed by atoms with Crippen molar-refractivity contribution in [3.8, 4) is 5.75 Å². The number of para-hydroxylation sites is 1. The van der Waals surface area contributed by atoms with Crippen LogP contribution in [0.15, 0.2) is 48.5 Å². The number of hydrogen-bond donors (Lipinski definition) is 1. The van der Waals surface area contributed by atoms with Gasteiger partial charge in [-0.05, 0) is 55.5 Å². The molecule has 0 aliphatic carbocycles. The molecular formula is C21H27NO2. The van der Waals surface area contributed by atoms with Crippen LogP contribution in [0.5, 0.6) is 5.75 Å². The summed E-state index contributed by atoms with van der Waals surface area (Å²) < 4.78 is 5.84. The Hall–Kier alpha value is -2.29. The van der Waals surface area contributed by atoms with Crippen LogP contribution < -0.4 is 10.1 Å². The van der Waals surface area contributed by atoms with Crippen molar-refractivity contribution in [3.63, 3.8) is 0 Å². The van der Waals surface area contributed by atoms with Crippen LogP contribution >= 0.6 is 0 Å². The molecule has 128 valence electrons. The number of rotatable bonds is 8. The van der Waals surface area contributed by atoms with Gasteiger partial charge in [0, 0.05) is 5.69 Å². The van der Waals surface area contributed by atoms with Crippen LogP contribution in [0.3, 0.4) is 0 Å². The van der Waals surface area contributed by atoms with Crippen molar-refractivity contribution in [2.75, 3.05) is 5.32 Å². The van der Waals surface area contributed by atoms with Gasteiger partial charge in [-0.15, -0.1) is 0 Å². The molecule has 2 rings (SSSR count). The maximum Gasteiger partial charge on any atom is 0.265 e. The third-order valence-electron chi connectivity index (χ3n) is 4.07. The fraction of sp³-hybridized carbons (Fsp3) is 0.381. The zero-order valence-electron chi connectivity index (χ0n) is 14.8. The maximum absolute atomic E-state index is 12.3. The number of carbonyl (C=O) groups excluding carboxylic acids is 1. The van der Waals surface area contributed by atoms with E-state index in [1.54, 1.807) is 6.92 Å². The average Bonchev–Trinajstić information content (AvgIpc) is 2.61. The number of anilines is 1. The molecule has 0 aliphatic rings. The Kier molecular flexibility index (Phi) is 6.86. The highest BCUT2D eigenvalue weighted by atomic mass is 16.5. The number of hydrogen-bond acceptors (Lipinski definition) is 2. The average molecular weight is 325 g/mol. The first-order chi connectivity index (χ1) is 11.6. The van der Waals surface area contributed by atoms with E-state index < -0.39 is 6.10 Å². The van der Waals surface area contributed by atoms with Gasteiger partial charge in [0.25, 0.3) is 5.91 Å². The number of amides is 1. The third-order valence-corrected chi connectivity index (χ3v) is 4.07. The first kappa shape index (κ1) is 18.1. The summed E-state index contributed by atoms with van der Waals surface area (Å²) in [5, 5.41) is 2.92. The van der Waals surface area contributed by atoms with E-state index in [-0.39, 0.29) is 5.91 Å². The molecule has 0 aromatic heterocycles. The van der Waals surface area contributed by atoms with Crippen LogP contribution in [0.25, 0.3) is 0 Å². The highest BCUT2D eigenvalue weighted by Gasteiger charge is 2.16. The summed E-state index contributed by atoms with van der Waals surface area (Å²) in [4.78, 5) is 12.3. The Morgan fingerprint density at radius 3 is 2.46 bits per heavy atom. The number of benzene rings is 2. The van der Waals surface area contributed by atoms with Gasteiger partial charge in [0.15, 0.2) is 6.10 Å². The second kappa shape index (κ2) is 9.11. The van der Waals surface area contributed by atoms with Crippen molar-refractivity contribution in [1.29, 1.82) is 0 Å². The summed E-state index contributed by atoms with van der Waals surface area (Å²) >= 11 is 0. The number of carbonyl (C=O) groups is 1. The minimum Gasteiger partial charge on any atom is -0.481 e. The smallest absolute Gasteiger partial charge is 0.265 e. The van der Waals surface area contributed by atoms with E-state index in [1.165, 1.54) is 18.4 Å². The fourth-order valence-corrected chi connectivity index (χ4v) is 2.53. The zero-order chi connectivity index (χ0) is 17.4. The third kappa shape index (κ3) is 5.12. The molecule has 1 amide bonds. The molecule has 3 heteroatoms. The summed E-state index contributed by atoms with van der Waals surface area (Å²) in [6, 6.07) is 15.9. The summed E-state index contributed by atoms with van der Waals surface area (Å²) in [5.74, 6) is 0.639. The van der Waals surface area contributed by atoms with Crippen LogP contribution in [-0.2, 0) is 17.6 Å². The lowest BCUT2D eigenvalue weighted by atomic mass is 10.1. The van der Waals surface area contributed by atoms with Crippen molar-refractivity contribution in [2.45, 2.75) is 52.6 Å². The molecule has 0 heterocycles. The Bertz CT molecular complexity index is 649. The lowest BCUT2D eigenvalue weighted by molar-refractivity contribution is -0.122. The summed E-state index contributed by atoms with van der Waals surface area (Å²) in [6.45, 7) is 6.04. The molecule has 0 fully saturated rings. The Balaban J connectivity index is 1.93. The van der Waals surface area contributed by atoms with Crippen LogP contribution in [-0.4, -0.2) is 12.0 Å². The van der Waals surface area contributed by atoms with E-state index in [2.05, 4.69) is 31.3 Å². The predicted molar refractivity (Wildman–Crippen MR) is 99.6 cm³/mol. The predicted octanol–water partition coefficient (Wildman–Crippen LogP) is 5.00. The van der Waals surface area contributed by atoms with Gasteiger partial charge in [-0.1, -0.05) is 50.6 Å². The standard InChI is InChI=1S/C21H27NO2/c1-4-6-9-17-12-14-19(15-13-17)22-21(23)16(3)24-20-11-8-7-10-18(20)5-2/h7-8,10-16H,4-6,9H2,1-3H3,(H,22,23)/t16-/m1/s1. The molecule has 3 nitrogen and oxygen atoms in total. The highest BCUT2D eigenvalue weighted by Crippen LogP contribution is 2.20. The first-order valence-electron chi connectivity index (χ1n) is 8.78. The zero-order valence-corrected chi connectivity index (χ0v) is 14.8. The second-order valence-corrected chi connectivity index (χ2v) is 6.01. The molecule has 0 spiro atoms. The monoisotopic (exact) mass is 325 g/mol. The molecule has 1 N–H and O–H groups in total. The largest absolute Gasteiger partial charge is 0.481 e. The normalized spacial score (nSPS) is 11.8. The molecule has 0 saturated carbocycles. The van der Waals surface area contributed by atoms with Crippen LogP contribution in [0.4, 0.5) is 5.69 Å². The van der Waals surface area contributed by atoms with E-state index in [4.69, 9.17) is 4.74 Å². The van der Waals surface area contributed by atoms with Gasteiger partial charge in [-0.2, -0.15) is 0 Å². The Morgan fingerprint density at radius 1 is 1.08 bits per heavy atom. The van der Waals surface area contributed by atoms with Crippen molar-refractivity contribution < 1.29 is 9.53 Å². The molecule has 24 heavy (non-hydrogen) atoms. The maximum atomic E-state index is 12.3. The van der Waals surface area contributed by atoms with Crippen LogP contribution in [0.2, 0.25) is 0 Å². The number of nitrogens with one attached hydrogen (secondary N) is 1. The van der Waals surface area contributed by atoms with E-state index in [1.807, 2.05) is 36.4 Å². The number of ether oxygens (including phenoxy) is 1. The van der Waals surface area contributed by atoms with E-state index in [0.29, 0.717) is 0 Å². The SMILES string of the molecule is CCCCc1ccc(NC(=O)[C@@H](C)Oc2ccccc2CC)cc1. The Labute approximate surface area is 145 Å². The lowest BCUT2D eigenvalue weighted by Crippen LogP contribution is -2.30. The van der Waals surface area contributed by atoms with Gasteiger partial charge < -0.3 is 10.1 Å². The van der Waals surface area contributed by atoms with E-state index in [0.717, 1.165) is 29.8 Å². The topological polar surface area (TPSA) is 38.3 Å². The highest BCUT2D eigenvalue weighted by molar-refractivity contribution is 5.94. The molecule has 0 unspecified atom stereocenters. The van der Waals surface area contributed by atoms with Crippen LogP contribution in [0, 0.1) is 0 Å². The lowest BCUT2D eigenvalue weighted by Gasteiger charge is -2.17.